The minimum Gasteiger partial charge on any atom is -0.385 e. The highest BCUT2D eigenvalue weighted by molar-refractivity contribution is 7.90. The summed E-state index contributed by atoms with van der Waals surface area (Å²) in [7, 11) is -4.31. The van der Waals surface area contributed by atoms with Crippen molar-refractivity contribution in [1.29, 1.82) is 0 Å². The molecule has 1 heterocycles. The fraction of sp³-hybridized carbons (Fsp3) is 0.292. The van der Waals surface area contributed by atoms with Gasteiger partial charge in [-0.05, 0) is 60.7 Å². The first-order valence-electron chi connectivity index (χ1n) is 11.3. The minimum atomic E-state index is -4.31. The van der Waals surface area contributed by atoms with Crippen LogP contribution in [0.3, 0.4) is 0 Å². The summed E-state index contributed by atoms with van der Waals surface area (Å²) in [5, 5.41) is 19.7. The molecule has 3 N–H and O–H groups in total. The largest absolute Gasteiger partial charge is 0.385 e. The zero-order valence-corrected chi connectivity index (χ0v) is 21.0. The Morgan fingerprint density at radius 1 is 1.03 bits per heavy atom. The van der Waals surface area contributed by atoms with Gasteiger partial charge in [-0.3, -0.25) is 14.9 Å². The van der Waals surface area contributed by atoms with Crippen LogP contribution in [0.4, 0.5) is 17.1 Å². The molecule has 1 aromatic heterocycles. The number of rotatable bonds is 13. The number of carbonyl (C=O) groups excluding carboxylic acids is 1. The van der Waals surface area contributed by atoms with Crippen molar-refractivity contribution < 1.29 is 18.1 Å². The molecule has 3 aromatic rings. The molecule has 0 fully saturated rings. The lowest BCUT2D eigenvalue weighted by molar-refractivity contribution is -0.384. The van der Waals surface area contributed by atoms with E-state index in [9.17, 15) is 23.3 Å². The molecule has 0 aliphatic heterocycles. The van der Waals surface area contributed by atoms with Crippen LogP contribution in [-0.2, 0) is 16.4 Å². The average Bonchev–Trinajstić information content (AvgIpc) is 3.35. The Morgan fingerprint density at radius 3 is 2.46 bits per heavy atom. The van der Waals surface area contributed by atoms with E-state index in [1.54, 1.807) is 23.5 Å². The number of nitro groups is 1. The lowest BCUT2D eigenvalue weighted by Gasteiger charge is -2.11. The van der Waals surface area contributed by atoms with Gasteiger partial charge in [0.05, 0.1) is 9.82 Å². The highest BCUT2D eigenvalue weighted by atomic mass is 32.2. The van der Waals surface area contributed by atoms with Crippen LogP contribution in [0.25, 0.3) is 0 Å². The van der Waals surface area contributed by atoms with Crippen molar-refractivity contribution in [2.24, 2.45) is 0 Å². The topological polar surface area (TPSA) is 130 Å². The zero-order valence-electron chi connectivity index (χ0n) is 19.3. The summed E-state index contributed by atoms with van der Waals surface area (Å²) in [5.74, 6) is -0.816. The van der Waals surface area contributed by atoms with E-state index >= 15 is 0 Å². The Labute approximate surface area is 208 Å². The van der Waals surface area contributed by atoms with E-state index in [4.69, 9.17) is 0 Å². The number of carbonyl (C=O) groups is 1. The van der Waals surface area contributed by atoms with Gasteiger partial charge in [-0.25, -0.2) is 13.1 Å². The molecule has 186 valence electrons. The van der Waals surface area contributed by atoms with E-state index in [1.165, 1.54) is 24.3 Å². The van der Waals surface area contributed by atoms with E-state index in [-0.39, 0.29) is 21.8 Å². The van der Waals surface area contributed by atoms with Crippen molar-refractivity contribution in [1.82, 2.24) is 4.72 Å². The molecular formula is C24H28N4O5S2. The predicted octanol–water partition coefficient (Wildman–Crippen LogP) is 5.03. The number of benzene rings is 2. The normalized spacial score (nSPS) is 11.1. The molecule has 2 aromatic carbocycles. The molecule has 35 heavy (non-hydrogen) atoms. The quantitative estimate of drug-likeness (QED) is 0.165. The molecule has 1 amide bonds. The number of sulfonamides is 1. The van der Waals surface area contributed by atoms with E-state index in [0.717, 1.165) is 42.4 Å². The minimum absolute atomic E-state index is 0.161. The number of anilines is 2. The van der Waals surface area contributed by atoms with Gasteiger partial charge in [0.25, 0.3) is 21.6 Å². The smallest absolute Gasteiger partial charge is 0.293 e. The van der Waals surface area contributed by atoms with Crippen LogP contribution in [0.2, 0.25) is 0 Å². The summed E-state index contributed by atoms with van der Waals surface area (Å²) < 4.78 is 27.5. The highest BCUT2D eigenvalue weighted by Crippen LogP contribution is 2.28. The monoisotopic (exact) mass is 516 g/mol. The first-order valence-corrected chi connectivity index (χ1v) is 13.6. The van der Waals surface area contributed by atoms with E-state index in [0.29, 0.717) is 13.0 Å². The zero-order chi connectivity index (χ0) is 25.3. The Bertz CT molecular complexity index is 1240. The van der Waals surface area contributed by atoms with Crippen LogP contribution in [0.5, 0.6) is 0 Å². The third-order valence-corrected chi connectivity index (χ3v) is 7.49. The highest BCUT2D eigenvalue weighted by Gasteiger charge is 2.23. The lowest BCUT2D eigenvalue weighted by Crippen LogP contribution is -2.30. The summed E-state index contributed by atoms with van der Waals surface area (Å²) in [6.45, 7) is 3.39. The Balaban J connectivity index is 1.66. The number of nitro benzene ring substituents is 1. The number of unbranched alkanes of at least 4 members (excludes halogenated alkanes) is 2. The molecule has 0 bridgehead atoms. The molecule has 0 radical (unpaired) electrons. The third kappa shape index (κ3) is 7.52. The van der Waals surface area contributed by atoms with E-state index < -0.39 is 20.9 Å². The van der Waals surface area contributed by atoms with Gasteiger partial charge in [-0.2, -0.15) is 0 Å². The molecule has 0 atom stereocenters. The second-order valence-corrected chi connectivity index (χ2v) is 10.6. The molecule has 3 rings (SSSR count). The Kier molecular flexibility index (Phi) is 9.21. The van der Waals surface area contributed by atoms with Gasteiger partial charge in [0, 0.05) is 35.3 Å². The average molecular weight is 517 g/mol. The van der Waals surface area contributed by atoms with Crippen molar-refractivity contribution in [2.75, 3.05) is 23.7 Å². The van der Waals surface area contributed by atoms with Crippen LogP contribution in [-0.4, -0.2) is 32.3 Å². The van der Waals surface area contributed by atoms with Crippen LogP contribution >= 0.6 is 11.3 Å². The number of hydrogen-bond donors (Lipinski definition) is 3. The van der Waals surface area contributed by atoms with Gasteiger partial charge < -0.3 is 10.6 Å². The fourth-order valence-electron chi connectivity index (χ4n) is 3.34. The van der Waals surface area contributed by atoms with Crippen molar-refractivity contribution in [2.45, 2.75) is 37.5 Å². The van der Waals surface area contributed by atoms with Crippen LogP contribution in [0, 0.1) is 10.1 Å². The van der Waals surface area contributed by atoms with Crippen molar-refractivity contribution in [3.63, 3.8) is 0 Å². The summed E-state index contributed by atoms with van der Waals surface area (Å²) in [6.07, 6.45) is 3.95. The molecule has 11 heteroatoms. The maximum absolute atomic E-state index is 12.8. The second-order valence-electron chi connectivity index (χ2n) is 7.84. The lowest BCUT2D eigenvalue weighted by atomic mass is 10.2. The van der Waals surface area contributed by atoms with Gasteiger partial charge in [-0.1, -0.05) is 25.8 Å². The number of nitrogens with one attached hydrogen (secondary N) is 3. The van der Waals surface area contributed by atoms with Gasteiger partial charge >= 0.3 is 0 Å². The first-order chi connectivity index (χ1) is 16.8. The summed E-state index contributed by atoms with van der Waals surface area (Å²) in [6, 6.07) is 13.9. The van der Waals surface area contributed by atoms with Gasteiger partial charge in [0.15, 0.2) is 0 Å². The van der Waals surface area contributed by atoms with E-state index in [2.05, 4.69) is 17.6 Å². The van der Waals surface area contributed by atoms with Gasteiger partial charge in [-0.15, -0.1) is 11.3 Å². The van der Waals surface area contributed by atoms with Crippen molar-refractivity contribution >= 4 is 44.3 Å². The molecule has 0 aliphatic carbocycles. The number of thiophene rings is 1. The molecular weight excluding hydrogens is 488 g/mol. The van der Waals surface area contributed by atoms with Crippen LogP contribution in [0.15, 0.2) is 64.9 Å². The summed E-state index contributed by atoms with van der Waals surface area (Å²) >= 11 is 1.59. The number of nitrogens with zero attached hydrogens (tertiary/aromatic N) is 1. The summed E-state index contributed by atoms with van der Waals surface area (Å²) in [5.41, 5.74) is 0.816. The van der Waals surface area contributed by atoms with E-state index in [1.807, 2.05) is 22.2 Å². The van der Waals surface area contributed by atoms with Gasteiger partial charge in [0.1, 0.15) is 5.69 Å². The third-order valence-electron chi connectivity index (χ3n) is 5.23. The predicted molar refractivity (Wildman–Crippen MR) is 139 cm³/mol. The summed E-state index contributed by atoms with van der Waals surface area (Å²) in [4.78, 5) is 24.2. The van der Waals surface area contributed by atoms with Crippen molar-refractivity contribution in [3.05, 3.63) is 80.5 Å². The fourth-order valence-corrected chi connectivity index (χ4v) is 5.04. The molecule has 0 saturated heterocycles. The van der Waals surface area contributed by atoms with Crippen LogP contribution in [0.1, 0.15) is 41.4 Å². The molecule has 0 unspecified atom stereocenters. The molecule has 0 saturated carbocycles. The molecule has 0 spiro atoms. The number of hydrogen-bond acceptors (Lipinski definition) is 8. The Morgan fingerprint density at radius 2 is 1.80 bits per heavy atom. The Hall–Kier alpha value is -3.44. The maximum atomic E-state index is 12.8. The first kappa shape index (κ1) is 26.2. The molecule has 9 nitrogen and oxygen atoms in total. The standard InChI is InChI=1S/C24H28N4O5S2/c1-2-3-4-14-25-19-9-7-18(8-10-19)24(29)27-35(32,33)21-11-12-22(23(17-21)28(30)31)26-15-13-20-6-5-16-34-20/h5-12,16-17,25-26H,2-4,13-15H2,1H3,(H,27,29). The number of amides is 1. The molecule has 0 aliphatic rings. The SMILES string of the molecule is CCCCCNc1ccc(C(=O)NS(=O)(=O)c2ccc(NCCc3cccs3)c([N+](=O)[O-])c2)cc1. The van der Waals surface area contributed by atoms with Crippen LogP contribution < -0.4 is 15.4 Å². The van der Waals surface area contributed by atoms with Gasteiger partial charge in [0.2, 0.25) is 0 Å². The maximum Gasteiger partial charge on any atom is 0.293 e. The van der Waals surface area contributed by atoms with Crippen molar-refractivity contribution in [3.8, 4) is 0 Å². The second kappa shape index (κ2) is 12.3.